The molecule has 1 atom stereocenters. The summed E-state index contributed by atoms with van der Waals surface area (Å²) in [6, 6.07) is 9.70. The average molecular weight is 383 g/mol. The highest BCUT2D eigenvalue weighted by Crippen LogP contribution is 2.24. The molecule has 7 nitrogen and oxygen atoms in total. The molecule has 1 aromatic carbocycles. The molecule has 28 heavy (non-hydrogen) atoms. The van der Waals surface area contributed by atoms with Gasteiger partial charge in [-0.15, -0.1) is 0 Å². The number of benzene rings is 1. The largest absolute Gasteiger partial charge is 0.497 e. The Bertz CT molecular complexity index is 743. The molecule has 0 aliphatic carbocycles. The van der Waals surface area contributed by atoms with E-state index in [0.29, 0.717) is 12.5 Å². The zero-order valence-electron chi connectivity index (χ0n) is 16.8. The molecule has 150 valence electrons. The van der Waals surface area contributed by atoms with Gasteiger partial charge in [0.2, 0.25) is 11.9 Å². The highest BCUT2D eigenvalue weighted by atomic mass is 16.5. The molecule has 1 aliphatic rings. The van der Waals surface area contributed by atoms with Gasteiger partial charge in [-0.05, 0) is 29.7 Å². The van der Waals surface area contributed by atoms with Gasteiger partial charge in [-0.25, -0.2) is 9.97 Å². The summed E-state index contributed by atoms with van der Waals surface area (Å²) >= 11 is 0. The summed E-state index contributed by atoms with van der Waals surface area (Å²) in [4.78, 5) is 25.6. The molecule has 1 amide bonds. The summed E-state index contributed by atoms with van der Waals surface area (Å²) in [6.45, 7) is 7.93. The monoisotopic (exact) mass is 383 g/mol. The van der Waals surface area contributed by atoms with Crippen molar-refractivity contribution in [3.8, 4) is 5.75 Å². The van der Waals surface area contributed by atoms with Crippen LogP contribution in [0.1, 0.15) is 25.5 Å². The van der Waals surface area contributed by atoms with Crippen molar-refractivity contribution < 1.29 is 9.53 Å². The minimum Gasteiger partial charge on any atom is -0.497 e. The van der Waals surface area contributed by atoms with E-state index in [2.05, 4.69) is 38.9 Å². The molecule has 0 spiro atoms. The lowest BCUT2D eigenvalue weighted by atomic mass is 9.96. The molecular weight excluding hydrogens is 354 g/mol. The zero-order valence-corrected chi connectivity index (χ0v) is 16.8. The number of ether oxygens (including phenoxy) is 1. The van der Waals surface area contributed by atoms with E-state index in [1.165, 1.54) is 0 Å². The Hall–Kier alpha value is -2.67. The van der Waals surface area contributed by atoms with Crippen molar-refractivity contribution in [2.75, 3.05) is 44.7 Å². The lowest BCUT2D eigenvalue weighted by molar-refractivity contribution is -0.123. The standard InChI is InChI=1S/C21H29N5O2/c1-16(2)20(17-5-7-18(28-3)8-6-17)24-19(27)15-25-11-13-26(14-12-25)21-22-9-4-10-23-21/h4-10,16,20H,11-15H2,1-3H3,(H,24,27). The molecule has 3 rings (SSSR count). The molecular formula is C21H29N5O2. The third-order valence-electron chi connectivity index (χ3n) is 5.03. The van der Waals surface area contributed by atoms with Gasteiger partial charge in [0.1, 0.15) is 5.75 Å². The molecule has 7 heteroatoms. The van der Waals surface area contributed by atoms with Crippen LogP contribution >= 0.6 is 0 Å². The van der Waals surface area contributed by atoms with Crippen LogP contribution in [0.4, 0.5) is 5.95 Å². The van der Waals surface area contributed by atoms with Gasteiger partial charge in [0.05, 0.1) is 19.7 Å². The van der Waals surface area contributed by atoms with Gasteiger partial charge in [0.15, 0.2) is 0 Å². The predicted octanol–water partition coefficient (Wildman–Crippen LogP) is 2.12. The number of aromatic nitrogens is 2. The fraction of sp³-hybridized carbons (Fsp3) is 0.476. The van der Waals surface area contributed by atoms with Crippen molar-refractivity contribution >= 4 is 11.9 Å². The number of rotatable bonds is 7. The minimum atomic E-state index is -0.0163. The highest BCUT2D eigenvalue weighted by Gasteiger charge is 2.23. The van der Waals surface area contributed by atoms with Crippen LogP contribution in [0.3, 0.4) is 0 Å². The first-order chi connectivity index (χ1) is 13.6. The summed E-state index contributed by atoms with van der Waals surface area (Å²) in [6.07, 6.45) is 3.51. The minimum absolute atomic E-state index is 0.0163. The maximum absolute atomic E-state index is 12.7. The van der Waals surface area contributed by atoms with Crippen LogP contribution in [-0.2, 0) is 4.79 Å². The van der Waals surface area contributed by atoms with Crippen molar-refractivity contribution in [2.24, 2.45) is 5.92 Å². The first-order valence-electron chi connectivity index (χ1n) is 9.74. The first-order valence-corrected chi connectivity index (χ1v) is 9.74. The number of carbonyl (C=O) groups is 1. The number of carbonyl (C=O) groups excluding carboxylic acids is 1. The molecule has 0 saturated carbocycles. The van der Waals surface area contributed by atoms with Crippen LogP contribution in [-0.4, -0.2) is 60.6 Å². The van der Waals surface area contributed by atoms with Crippen LogP contribution in [0.5, 0.6) is 5.75 Å². The van der Waals surface area contributed by atoms with Gasteiger partial charge in [-0.3, -0.25) is 9.69 Å². The van der Waals surface area contributed by atoms with Crippen molar-refractivity contribution in [2.45, 2.75) is 19.9 Å². The van der Waals surface area contributed by atoms with E-state index in [0.717, 1.165) is 43.4 Å². The quantitative estimate of drug-likeness (QED) is 0.790. The van der Waals surface area contributed by atoms with E-state index in [1.807, 2.05) is 30.3 Å². The van der Waals surface area contributed by atoms with E-state index in [-0.39, 0.29) is 11.9 Å². The highest BCUT2D eigenvalue weighted by molar-refractivity contribution is 5.78. The number of piperazine rings is 1. The van der Waals surface area contributed by atoms with Crippen LogP contribution in [0.15, 0.2) is 42.7 Å². The fourth-order valence-electron chi connectivity index (χ4n) is 3.43. The lowest BCUT2D eigenvalue weighted by Crippen LogP contribution is -2.50. The molecule has 0 bridgehead atoms. The van der Waals surface area contributed by atoms with Gasteiger partial charge >= 0.3 is 0 Å². The SMILES string of the molecule is COc1ccc(C(NC(=O)CN2CCN(c3ncccn3)CC2)C(C)C)cc1. The topological polar surface area (TPSA) is 70.6 Å². The maximum atomic E-state index is 12.7. The number of hydrogen-bond acceptors (Lipinski definition) is 6. The summed E-state index contributed by atoms with van der Waals surface area (Å²) in [5.74, 6) is 1.92. The number of nitrogens with zero attached hydrogens (tertiary/aromatic N) is 4. The van der Waals surface area contributed by atoms with Crippen LogP contribution in [0, 0.1) is 5.92 Å². The van der Waals surface area contributed by atoms with E-state index >= 15 is 0 Å². The molecule has 1 N–H and O–H groups in total. The van der Waals surface area contributed by atoms with E-state index < -0.39 is 0 Å². The number of hydrogen-bond donors (Lipinski definition) is 1. The summed E-state index contributed by atoms with van der Waals surface area (Å²) < 4.78 is 5.22. The van der Waals surface area contributed by atoms with Crippen molar-refractivity contribution in [3.63, 3.8) is 0 Å². The van der Waals surface area contributed by atoms with Crippen molar-refractivity contribution in [3.05, 3.63) is 48.3 Å². The Balaban J connectivity index is 1.52. The fourth-order valence-corrected chi connectivity index (χ4v) is 3.43. The maximum Gasteiger partial charge on any atom is 0.234 e. The molecule has 1 aromatic heterocycles. The molecule has 2 heterocycles. The third-order valence-corrected chi connectivity index (χ3v) is 5.03. The molecule has 1 fully saturated rings. The smallest absolute Gasteiger partial charge is 0.234 e. The predicted molar refractivity (Wildman–Crippen MR) is 109 cm³/mol. The average Bonchev–Trinajstić information content (AvgIpc) is 2.73. The second-order valence-electron chi connectivity index (χ2n) is 7.37. The van der Waals surface area contributed by atoms with Crippen LogP contribution < -0.4 is 15.0 Å². The number of methoxy groups -OCH3 is 1. The number of amides is 1. The molecule has 1 saturated heterocycles. The Labute approximate surface area is 166 Å². The van der Waals surface area contributed by atoms with Gasteiger partial charge in [-0.1, -0.05) is 26.0 Å². The second-order valence-corrected chi connectivity index (χ2v) is 7.37. The summed E-state index contributed by atoms with van der Waals surface area (Å²) in [5.41, 5.74) is 1.09. The van der Waals surface area contributed by atoms with Crippen LogP contribution in [0.25, 0.3) is 0 Å². The number of anilines is 1. The van der Waals surface area contributed by atoms with Gasteiger partial charge < -0.3 is 15.0 Å². The van der Waals surface area contributed by atoms with Gasteiger partial charge in [0, 0.05) is 38.6 Å². The molecule has 1 aliphatic heterocycles. The normalized spacial score (nSPS) is 16.1. The Morgan fingerprint density at radius 2 is 1.75 bits per heavy atom. The van der Waals surface area contributed by atoms with E-state index in [4.69, 9.17) is 4.74 Å². The second kappa shape index (κ2) is 9.50. The van der Waals surface area contributed by atoms with Crippen LogP contribution in [0.2, 0.25) is 0 Å². The van der Waals surface area contributed by atoms with Crippen molar-refractivity contribution in [1.29, 1.82) is 0 Å². The molecule has 1 unspecified atom stereocenters. The Morgan fingerprint density at radius 1 is 1.11 bits per heavy atom. The van der Waals surface area contributed by atoms with E-state index in [9.17, 15) is 4.79 Å². The van der Waals surface area contributed by atoms with Gasteiger partial charge in [0.25, 0.3) is 0 Å². The summed E-state index contributed by atoms with van der Waals surface area (Å²) in [7, 11) is 1.65. The van der Waals surface area contributed by atoms with Gasteiger partial charge in [-0.2, -0.15) is 0 Å². The van der Waals surface area contributed by atoms with E-state index in [1.54, 1.807) is 19.5 Å². The molecule has 0 radical (unpaired) electrons. The lowest BCUT2D eigenvalue weighted by Gasteiger charge is -2.34. The Kier molecular flexibility index (Phi) is 6.81. The third kappa shape index (κ3) is 5.19. The number of nitrogens with one attached hydrogen (secondary N) is 1. The zero-order chi connectivity index (χ0) is 19.9. The first kappa shape index (κ1) is 20.1. The van der Waals surface area contributed by atoms with Crippen molar-refractivity contribution in [1.82, 2.24) is 20.2 Å². The Morgan fingerprint density at radius 3 is 2.32 bits per heavy atom. The summed E-state index contributed by atoms with van der Waals surface area (Å²) in [5, 5.41) is 3.20. The molecule has 2 aromatic rings.